The van der Waals surface area contributed by atoms with Gasteiger partial charge < -0.3 is 10.6 Å². The Morgan fingerprint density at radius 1 is 1.52 bits per heavy atom. The van der Waals surface area contributed by atoms with Crippen LogP contribution in [0.2, 0.25) is 0 Å². The molecule has 0 saturated carbocycles. The molecule has 1 aliphatic heterocycles. The number of hydrogen-bond acceptors (Lipinski definition) is 6. The van der Waals surface area contributed by atoms with E-state index in [0.717, 1.165) is 17.3 Å². The number of piperidine rings is 1. The number of rotatable bonds is 2. The predicted molar refractivity (Wildman–Crippen MR) is 91.2 cm³/mol. The second-order valence-electron chi connectivity index (χ2n) is 6.48. The fourth-order valence-corrected chi connectivity index (χ4v) is 3.57. The monoisotopic (exact) mass is 338 g/mol. The molecule has 1 fully saturated rings. The van der Waals surface area contributed by atoms with Gasteiger partial charge in [0.2, 0.25) is 5.91 Å². The fraction of sp³-hybridized carbons (Fsp3) is 0.438. The molecule has 9 heteroatoms. The summed E-state index contributed by atoms with van der Waals surface area (Å²) in [5, 5.41) is 21.2. The summed E-state index contributed by atoms with van der Waals surface area (Å²) in [4.78, 5) is 18.1. The Bertz CT molecular complexity index is 997. The van der Waals surface area contributed by atoms with E-state index in [9.17, 15) is 4.79 Å². The van der Waals surface area contributed by atoms with Crippen LogP contribution >= 0.6 is 0 Å². The number of carbonyl (C=O) groups excluding carboxylic acids is 1. The first kappa shape index (κ1) is 15.4. The Morgan fingerprint density at radius 3 is 3.16 bits per heavy atom. The van der Waals surface area contributed by atoms with E-state index in [2.05, 4.69) is 27.2 Å². The van der Waals surface area contributed by atoms with Crippen molar-refractivity contribution in [1.29, 1.82) is 5.26 Å². The summed E-state index contributed by atoms with van der Waals surface area (Å²) in [7, 11) is 0. The van der Waals surface area contributed by atoms with Gasteiger partial charge in [0.05, 0.1) is 17.5 Å². The maximum Gasteiger partial charge on any atom is 0.236 e. The van der Waals surface area contributed by atoms with Crippen molar-refractivity contribution >= 4 is 33.8 Å². The first-order valence-corrected chi connectivity index (χ1v) is 8.21. The Labute approximate surface area is 143 Å². The molecule has 1 amide bonds. The number of carbonyl (C=O) groups is 1. The maximum absolute atomic E-state index is 12.1. The first-order valence-electron chi connectivity index (χ1n) is 8.21. The highest BCUT2D eigenvalue weighted by Crippen LogP contribution is 2.34. The fourth-order valence-electron chi connectivity index (χ4n) is 3.57. The summed E-state index contributed by atoms with van der Waals surface area (Å²) in [5.74, 6) is 0.644. The van der Waals surface area contributed by atoms with Gasteiger partial charge in [0.15, 0.2) is 11.2 Å². The summed E-state index contributed by atoms with van der Waals surface area (Å²) in [6, 6.07) is 3.84. The summed E-state index contributed by atoms with van der Waals surface area (Å²) >= 11 is 0. The molecule has 0 spiro atoms. The van der Waals surface area contributed by atoms with Gasteiger partial charge in [-0.25, -0.2) is 4.98 Å². The predicted octanol–water partition coefficient (Wildman–Crippen LogP) is 1.21. The largest absolute Gasteiger partial charge is 0.382 e. The lowest BCUT2D eigenvalue weighted by molar-refractivity contribution is -0.132. The van der Waals surface area contributed by atoms with Crippen molar-refractivity contribution in [3.8, 4) is 6.07 Å². The molecule has 3 N–H and O–H groups in total. The molecule has 3 aromatic heterocycles. The molecule has 4 heterocycles. The van der Waals surface area contributed by atoms with Gasteiger partial charge in [-0.05, 0) is 18.4 Å². The average molecular weight is 338 g/mol. The van der Waals surface area contributed by atoms with E-state index in [-0.39, 0.29) is 18.4 Å². The van der Waals surface area contributed by atoms with Crippen LogP contribution in [-0.4, -0.2) is 48.9 Å². The van der Waals surface area contributed by atoms with Gasteiger partial charge in [-0.1, -0.05) is 6.92 Å². The number of likely N-dealkylation sites (tertiary alicyclic amines) is 1. The number of H-pyrrole nitrogens is 1. The molecular formula is C16H18N8O. The Hall–Kier alpha value is -3.15. The molecule has 25 heavy (non-hydrogen) atoms. The summed E-state index contributed by atoms with van der Waals surface area (Å²) in [6.45, 7) is 3.35. The van der Waals surface area contributed by atoms with E-state index in [4.69, 9.17) is 11.0 Å². The second-order valence-corrected chi connectivity index (χ2v) is 6.48. The van der Waals surface area contributed by atoms with Crippen LogP contribution in [0.15, 0.2) is 12.3 Å². The van der Waals surface area contributed by atoms with Crippen LogP contribution in [0.4, 0.5) is 5.82 Å². The van der Waals surface area contributed by atoms with Gasteiger partial charge in [0, 0.05) is 19.3 Å². The molecule has 2 atom stereocenters. The van der Waals surface area contributed by atoms with Gasteiger partial charge in [0.25, 0.3) is 0 Å². The minimum atomic E-state index is -0.135. The Kier molecular flexibility index (Phi) is 3.53. The smallest absolute Gasteiger partial charge is 0.236 e. The van der Waals surface area contributed by atoms with E-state index < -0.39 is 0 Å². The number of hydrogen-bond donors (Lipinski definition) is 2. The molecule has 3 aromatic rings. The number of nitrogens with two attached hydrogens (primary N) is 1. The zero-order valence-electron chi connectivity index (χ0n) is 13.8. The summed E-state index contributed by atoms with van der Waals surface area (Å²) in [5.41, 5.74) is 8.14. The highest BCUT2D eigenvalue weighted by atomic mass is 16.2. The highest BCUT2D eigenvalue weighted by Gasteiger charge is 2.32. The van der Waals surface area contributed by atoms with E-state index in [1.54, 1.807) is 11.1 Å². The van der Waals surface area contributed by atoms with E-state index in [1.807, 2.05) is 16.8 Å². The zero-order chi connectivity index (χ0) is 17.6. The van der Waals surface area contributed by atoms with Crippen molar-refractivity contribution in [2.45, 2.75) is 25.8 Å². The molecule has 0 aliphatic carbocycles. The third-order valence-corrected chi connectivity index (χ3v) is 4.97. The summed E-state index contributed by atoms with van der Waals surface area (Å²) in [6.07, 6.45) is 2.46. The number of amides is 1. The topological polar surface area (TPSA) is 130 Å². The normalized spacial score (nSPS) is 20.9. The number of nitrogens with zero attached hydrogens (tertiary/aromatic N) is 6. The molecule has 128 valence electrons. The van der Waals surface area contributed by atoms with Crippen LogP contribution in [0.1, 0.15) is 25.8 Å². The lowest BCUT2D eigenvalue weighted by atomic mass is 9.93. The van der Waals surface area contributed by atoms with Crippen LogP contribution in [0, 0.1) is 17.2 Å². The SMILES string of the molecule is CC1CCN(C(=O)CC#N)CC1n1[nH]c(N)c2nnc3nccc3c21. The number of nitrogens with one attached hydrogen (secondary N) is 1. The molecular weight excluding hydrogens is 320 g/mol. The van der Waals surface area contributed by atoms with Crippen molar-refractivity contribution < 1.29 is 4.79 Å². The molecule has 4 rings (SSSR count). The van der Waals surface area contributed by atoms with Crippen LogP contribution < -0.4 is 5.73 Å². The molecule has 0 bridgehead atoms. The second kappa shape index (κ2) is 5.73. The standard InChI is InChI=1S/C16H18N8O/c1-9-4-7-23(12(25)2-5-17)8-11(9)24-14-10-3-6-19-16(10)21-20-13(14)15(18)22-24/h3,6,9,11,22H,2,4,7-8,18H2,1H3. The quantitative estimate of drug-likeness (QED) is 0.722. The van der Waals surface area contributed by atoms with Gasteiger partial charge in [-0.2, -0.15) is 5.26 Å². The lowest BCUT2D eigenvalue weighted by Crippen LogP contribution is -2.44. The van der Waals surface area contributed by atoms with Crippen molar-refractivity contribution in [2.24, 2.45) is 5.92 Å². The molecule has 1 saturated heterocycles. The van der Waals surface area contributed by atoms with E-state index >= 15 is 0 Å². The Balaban J connectivity index is 1.81. The minimum absolute atomic E-state index is 0.0125. The van der Waals surface area contributed by atoms with Crippen molar-refractivity contribution in [3.05, 3.63) is 12.3 Å². The molecule has 9 nitrogen and oxygen atoms in total. The van der Waals surface area contributed by atoms with Crippen LogP contribution in [0.5, 0.6) is 0 Å². The van der Waals surface area contributed by atoms with Gasteiger partial charge in [-0.15, -0.1) is 10.2 Å². The number of anilines is 1. The molecule has 1 aliphatic rings. The number of fused-ring (bicyclic) bond motifs is 3. The molecule has 0 radical (unpaired) electrons. The number of nitriles is 1. The third kappa shape index (κ3) is 2.38. The van der Waals surface area contributed by atoms with Crippen LogP contribution in [0.3, 0.4) is 0 Å². The lowest BCUT2D eigenvalue weighted by Gasteiger charge is -2.37. The van der Waals surface area contributed by atoms with Crippen LogP contribution in [0.25, 0.3) is 22.1 Å². The van der Waals surface area contributed by atoms with E-state index in [0.29, 0.717) is 36.0 Å². The van der Waals surface area contributed by atoms with Crippen molar-refractivity contribution in [3.63, 3.8) is 0 Å². The number of nitrogen functional groups attached to an aromatic ring is 1. The Morgan fingerprint density at radius 2 is 2.36 bits per heavy atom. The first-order chi connectivity index (χ1) is 12.1. The molecule has 2 unspecified atom stereocenters. The third-order valence-electron chi connectivity index (χ3n) is 4.97. The number of aromatic amines is 1. The van der Waals surface area contributed by atoms with Gasteiger partial charge in [-0.3, -0.25) is 14.6 Å². The molecule has 0 aromatic carbocycles. The van der Waals surface area contributed by atoms with Gasteiger partial charge in [0.1, 0.15) is 17.8 Å². The van der Waals surface area contributed by atoms with Gasteiger partial charge >= 0.3 is 0 Å². The number of aromatic nitrogens is 5. The maximum atomic E-state index is 12.1. The van der Waals surface area contributed by atoms with E-state index in [1.165, 1.54) is 0 Å². The average Bonchev–Trinajstić information content (AvgIpc) is 3.20. The zero-order valence-corrected chi connectivity index (χ0v) is 13.8. The van der Waals surface area contributed by atoms with Crippen LogP contribution in [-0.2, 0) is 4.79 Å². The highest BCUT2D eigenvalue weighted by molar-refractivity contribution is 6.03. The summed E-state index contributed by atoms with van der Waals surface area (Å²) < 4.78 is 1.99. The van der Waals surface area contributed by atoms with Crippen molar-refractivity contribution in [1.82, 2.24) is 29.9 Å². The minimum Gasteiger partial charge on any atom is -0.382 e. The van der Waals surface area contributed by atoms with Crippen molar-refractivity contribution in [2.75, 3.05) is 18.8 Å².